The van der Waals surface area contributed by atoms with Crippen molar-refractivity contribution in [3.05, 3.63) is 46.1 Å². The molecule has 0 aliphatic carbocycles. The lowest BCUT2D eigenvalue weighted by Gasteiger charge is -2.08. The number of nitrogens with one attached hydrogen (secondary N) is 1. The average Bonchev–Trinajstić information content (AvgIpc) is 2.89. The van der Waals surface area contributed by atoms with Crippen LogP contribution < -0.4 is 14.8 Å². The van der Waals surface area contributed by atoms with Gasteiger partial charge >= 0.3 is 0 Å². The van der Waals surface area contributed by atoms with E-state index in [1.165, 1.54) is 0 Å². The molecule has 5 nitrogen and oxygen atoms in total. The monoisotopic (exact) mass is 334 g/mol. The Morgan fingerprint density at radius 2 is 2.10 bits per heavy atom. The van der Waals surface area contributed by atoms with Crippen molar-refractivity contribution in [1.29, 1.82) is 0 Å². The molecule has 1 N–H and O–H groups in total. The summed E-state index contributed by atoms with van der Waals surface area (Å²) in [6.45, 7) is 2.07. The molecule has 6 heteroatoms. The maximum absolute atomic E-state index is 12.2. The van der Waals surface area contributed by atoms with E-state index in [0.717, 1.165) is 10.0 Å². The van der Waals surface area contributed by atoms with E-state index >= 15 is 0 Å². The molecule has 0 radical (unpaired) electrons. The molecule has 1 amide bonds. The predicted molar refractivity (Wildman–Crippen MR) is 77.2 cm³/mol. The number of aromatic nitrogens is 1. The van der Waals surface area contributed by atoms with Crippen LogP contribution in [-0.2, 0) is 0 Å². The fourth-order valence-corrected chi connectivity index (χ4v) is 2.33. The number of pyridine rings is 1. The van der Waals surface area contributed by atoms with Gasteiger partial charge in [-0.1, -0.05) is 0 Å². The van der Waals surface area contributed by atoms with E-state index in [0.29, 0.717) is 22.9 Å². The number of carbonyl (C=O) groups is 1. The van der Waals surface area contributed by atoms with Crippen molar-refractivity contribution >= 4 is 27.7 Å². The van der Waals surface area contributed by atoms with E-state index in [2.05, 4.69) is 26.2 Å². The summed E-state index contributed by atoms with van der Waals surface area (Å²) in [5.74, 6) is 1.54. The molecule has 0 saturated heterocycles. The topological polar surface area (TPSA) is 60.5 Å². The van der Waals surface area contributed by atoms with Gasteiger partial charge in [0, 0.05) is 16.2 Å². The molecule has 1 aliphatic heterocycles. The van der Waals surface area contributed by atoms with Crippen LogP contribution >= 0.6 is 15.9 Å². The first-order chi connectivity index (χ1) is 9.63. The Labute approximate surface area is 124 Å². The number of carbonyl (C=O) groups excluding carboxylic acids is 1. The zero-order valence-electron chi connectivity index (χ0n) is 10.6. The van der Waals surface area contributed by atoms with Crippen LogP contribution in [0.5, 0.6) is 11.5 Å². The Hall–Kier alpha value is -2.08. The summed E-state index contributed by atoms with van der Waals surface area (Å²) in [5.41, 5.74) is 1.38. The van der Waals surface area contributed by atoms with Gasteiger partial charge in [0.15, 0.2) is 11.5 Å². The quantitative estimate of drug-likeness (QED) is 0.916. The molecule has 3 rings (SSSR count). The van der Waals surface area contributed by atoms with Crippen molar-refractivity contribution < 1.29 is 14.3 Å². The van der Waals surface area contributed by atoms with Gasteiger partial charge in [-0.2, -0.15) is 0 Å². The first kappa shape index (κ1) is 12.9. The molecule has 20 heavy (non-hydrogen) atoms. The van der Waals surface area contributed by atoms with Crippen molar-refractivity contribution in [2.45, 2.75) is 6.92 Å². The highest BCUT2D eigenvalue weighted by Gasteiger charge is 2.16. The molecule has 102 valence electrons. The van der Waals surface area contributed by atoms with Crippen molar-refractivity contribution in [3.63, 3.8) is 0 Å². The normalized spacial score (nSPS) is 12.3. The van der Waals surface area contributed by atoms with E-state index in [-0.39, 0.29) is 12.7 Å². The third kappa shape index (κ3) is 2.46. The van der Waals surface area contributed by atoms with Gasteiger partial charge in [0.05, 0.1) is 0 Å². The molecule has 0 spiro atoms. The third-order valence-corrected chi connectivity index (χ3v) is 3.35. The summed E-state index contributed by atoms with van der Waals surface area (Å²) >= 11 is 3.34. The highest BCUT2D eigenvalue weighted by molar-refractivity contribution is 9.10. The summed E-state index contributed by atoms with van der Waals surface area (Å²) in [5, 5.41) is 2.78. The minimum absolute atomic E-state index is 0.188. The smallest absolute Gasteiger partial charge is 0.256 e. The summed E-state index contributed by atoms with van der Waals surface area (Å²) in [7, 11) is 0. The molecule has 2 aromatic rings. The lowest BCUT2D eigenvalue weighted by Crippen LogP contribution is -2.13. The van der Waals surface area contributed by atoms with Crippen LogP contribution in [0.25, 0.3) is 0 Å². The second kappa shape index (κ2) is 5.13. The molecule has 2 heterocycles. The number of aryl methyl sites for hydroxylation is 1. The number of benzene rings is 1. The second-order valence-corrected chi connectivity index (χ2v) is 5.26. The van der Waals surface area contributed by atoms with E-state index in [9.17, 15) is 4.79 Å². The Morgan fingerprint density at radius 3 is 2.90 bits per heavy atom. The van der Waals surface area contributed by atoms with Crippen LogP contribution in [0.1, 0.15) is 15.9 Å². The zero-order chi connectivity index (χ0) is 14.1. The molecule has 0 bridgehead atoms. The van der Waals surface area contributed by atoms with E-state index in [1.54, 1.807) is 24.4 Å². The number of hydrogen-bond acceptors (Lipinski definition) is 4. The second-order valence-electron chi connectivity index (χ2n) is 4.34. The summed E-state index contributed by atoms with van der Waals surface area (Å²) in [6, 6.07) is 6.96. The van der Waals surface area contributed by atoms with Crippen molar-refractivity contribution in [2.24, 2.45) is 0 Å². The van der Waals surface area contributed by atoms with Gasteiger partial charge in [0.2, 0.25) is 6.79 Å². The molecule has 0 unspecified atom stereocenters. The van der Waals surface area contributed by atoms with Gasteiger partial charge < -0.3 is 14.8 Å². The number of rotatable bonds is 2. The predicted octanol–water partition coefficient (Wildman–Crippen LogP) is 3.13. The minimum atomic E-state index is -0.235. The SMILES string of the molecule is Cc1cc(Br)cnc1NC(=O)c1ccc2c(c1)OCO2. The van der Waals surface area contributed by atoms with Crippen molar-refractivity contribution in [2.75, 3.05) is 12.1 Å². The maximum atomic E-state index is 12.2. The van der Waals surface area contributed by atoms with Crippen LogP contribution in [0, 0.1) is 6.92 Å². The maximum Gasteiger partial charge on any atom is 0.256 e. The number of nitrogens with zero attached hydrogens (tertiary/aromatic N) is 1. The van der Waals surface area contributed by atoms with E-state index in [1.807, 2.05) is 13.0 Å². The number of fused-ring (bicyclic) bond motifs is 1. The van der Waals surface area contributed by atoms with Crippen LogP contribution in [0.3, 0.4) is 0 Å². The first-order valence-corrected chi connectivity index (χ1v) is 6.76. The average molecular weight is 335 g/mol. The molecule has 0 atom stereocenters. The van der Waals surface area contributed by atoms with Crippen LogP contribution in [0.4, 0.5) is 5.82 Å². The zero-order valence-corrected chi connectivity index (χ0v) is 12.2. The number of hydrogen-bond donors (Lipinski definition) is 1. The van der Waals surface area contributed by atoms with Crippen molar-refractivity contribution in [3.8, 4) is 11.5 Å². The minimum Gasteiger partial charge on any atom is -0.454 e. The lowest BCUT2D eigenvalue weighted by molar-refractivity contribution is 0.102. The molecular weight excluding hydrogens is 324 g/mol. The summed E-state index contributed by atoms with van der Waals surface area (Å²) in [4.78, 5) is 16.4. The Morgan fingerprint density at radius 1 is 1.30 bits per heavy atom. The Balaban J connectivity index is 1.82. The van der Waals surface area contributed by atoms with E-state index in [4.69, 9.17) is 9.47 Å². The fraction of sp³-hybridized carbons (Fsp3) is 0.143. The molecule has 0 saturated carbocycles. The standard InChI is InChI=1S/C14H11BrN2O3/c1-8-4-10(15)6-16-13(8)17-14(18)9-2-3-11-12(5-9)20-7-19-11/h2-6H,7H2,1H3,(H,16,17,18). The first-order valence-electron chi connectivity index (χ1n) is 5.96. The Kier molecular flexibility index (Phi) is 3.31. The molecule has 1 aliphatic rings. The number of halogens is 1. The van der Waals surface area contributed by atoms with Gasteiger partial charge in [0.1, 0.15) is 5.82 Å². The highest BCUT2D eigenvalue weighted by atomic mass is 79.9. The van der Waals surface area contributed by atoms with Gasteiger partial charge in [-0.3, -0.25) is 4.79 Å². The molecule has 0 fully saturated rings. The lowest BCUT2D eigenvalue weighted by atomic mass is 10.2. The van der Waals surface area contributed by atoms with Crippen LogP contribution in [-0.4, -0.2) is 17.7 Å². The molecular formula is C14H11BrN2O3. The van der Waals surface area contributed by atoms with Gasteiger partial charge in [-0.15, -0.1) is 0 Å². The number of anilines is 1. The van der Waals surface area contributed by atoms with Crippen LogP contribution in [0.15, 0.2) is 34.9 Å². The Bertz CT molecular complexity index is 688. The number of ether oxygens (including phenoxy) is 2. The summed E-state index contributed by atoms with van der Waals surface area (Å²) < 4.78 is 11.3. The van der Waals surface area contributed by atoms with E-state index < -0.39 is 0 Å². The third-order valence-electron chi connectivity index (χ3n) is 2.91. The van der Waals surface area contributed by atoms with Gasteiger partial charge in [0.25, 0.3) is 5.91 Å². The van der Waals surface area contributed by atoms with Gasteiger partial charge in [-0.25, -0.2) is 4.98 Å². The van der Waals surface area contributed by atoms with Crippen LogP contribution in [0.2, 0.25) is 0 Å². The molecule has 1 aromatic heterocycles. The number of amides is 1. The van der Waals surface area contributed by atoms with Crippen molar-refractivity contribution in [1.82, 2.24) is 4.98 Å². The fourth-order valence-electron chi connectivity index (χ4n) is 1.89. The van der Waals surface area contributed by atoms with Gasteiger partial charge in [-0.05, 0) is 52.7 Å². The highest BCUT2D eigenvalue weighted by Crippen LogP contribution is 2.32. The molecule has 1 aromatic carbocycles. The summed E-state index contributed by atoms with van der Waals surface area (Å²) in [6.07, 6.45) is 1.64. The largest absolute Gasteiger partial charge is 0.454 e.